The third-order valence-electron chi connectivity index (χ3n) is 3.68. The van der Waals surface area contributed by atoms with E-state index in [4.69, 9.17) is 4.74 Å². The van der Waals surface area contributed by atoms with Gasteiger partial charge in [0, 0.05) is 30.6 Å². The molecule has 0 amide bonds. The smallest absolute Gasteiger partial charge is 0.147 e. The molecule has 1 saturated heterocycles. The minimum atomic E-state index is -2.84. The SMILES string of the molecule is CCNC(CCCS(C)(=O)=O)C1CCOC1CC. The van der Waals surface area contributed by atoms with Gasteiger partial charge in [0.1, 0.15) is 9.84 Å². The van der Waals surface area contributed by atoms with Crippen molar-refractivity contribution in [2.45, 2.75) is 51.7 Å². The Bertz CT molecular complexity index is 329. The highest BCUT2D eigenvalue weighted by Gasteiger charge is 2.32. The number of hydrogen-bond acceptors (Lipinski definition) is 4. The predicted octanol–water partition coefficient (Wildman–Crippen LogP) is 1.60. The van der Waals surface area contributed by atoms with Gasteiger partial charge in [0.25, 0.3) is 0 Å². The summed E-state index contributed by atoms with van der Waals surface area (Å²) < 4.78 is 28.1. The van der Waals surface area contributed by atoms with Crippen LogP contribution >= 0.6 is 0 Å². The molecule has 0 saturated carbocycles. The van der Waals surface area contributed by atoms with E-state index in [0.29, 0.717) is 23.8 Å². The molecule has 3 atom stereocenters. The molecule has 18 heavy (non-hydrogen) atoms. The van der Waals surface area contributed by atoms with Gasteiger partial charge in [-0.05, 0) is 32.2 Å². The zero-order valence-corrected chi connectivity index (χ0v) is 12.6. The van der Waals surface area contributed by atoms with Crippen molar-refractivity contribution in [2.24, 2.45) is 5.92 Å². The lowest BCUT2D eigenvalue weighted by Gasteiger charge is -2.27. The van der Waals surface area contributed by atoms with Gasteiger partial charge >= 0.3 is 0 Å². The Hall–Kier alpha value is -0.130. The van der Waals surface area contributed by atoms with Crippen molar-refractivity contribution in [3.05, 3.63) is 0 Å². The molecule has 4 nitrogen and oxygen atoms in total. The van der Waals surface area contributed by atoms with Gasteiger partial charge < -0.3 is 10.1 Å². The molecule has 0 aromatic carbocycles. The minimum absolute atomic E-state index is 0.291. The first-order valence-corrected chi connectivity index (χ1v) is 9.06. The summed E-state index contributed by atoms with van der Waals surface area (Å²) in [5, 5.41) is 3.50. The number of hydrogen-bond donors (Lipinski definition) is 1. The molecule has 0 aliphatic carbocycles. The van der Waals surface area contributed by atoms with Crippen molar-refractivity contribution in [3.63, 3.8) is 0 Å². The Balaban J connectivity index is 2.48. The Labute approximate surface area is 111 Å². The molecule has 1 fully saturated rings. The maximum atomic E-state index is 11.2. The van der Waals surface area contributed by atoms with Crippen LogP contribution in [-0.2, 0) is 14.6 Å². The average molecular weight is 277 g/mol. The molecule has 5 heteroatoms. The molecule has 1 aliphatic rings. The first kappa shape index (κ1) is 15.9. The van der Waals surface area contributed by atoms with E-state index in [1.165, 1.54) is 6.26 Å². The second-order valence-electron chi connectivity index (χ2n) is 5.21. The highest BCUT2D eigenvalue weighted by atomic mass is 32.2. The lowest BCUT2D eigenvalue weighted by molar-refractivity contribution is 0.0766. The summed E-state index contributed by atoms with van der Waals surface area (Å²) in [6, 6.07) is 0.393. The van der Waals surface area contributed by atoms with Gasteiger partial charge in [-0.3, -0.25) is 0 Å². The van der Waals surface area contributed by atoms with Gasteiger partial charge in [-0.1, -0.05) is 13.8 Å². The quantitative estimate of drug-likeness (QED) is 0.732. The number of sulfone groups is 1. The van der Waals surface area contributed by atoms with E-state index >= 15 is 0 Å². The first-order valence-electron chi connectivity index (χ1n) is 7.00. The summed E-state index contributed by atoms with van der Waals surface area (Å²) in [7, 11) is -2.84. The number of nitrogens with one attached hydrogen (secondary N) is 1. The number of ether oxygens (including phenoxy) is 1. The molecule has 3 unspecified atom stereocenters. The van der Waals surface area contributed by atoms with E-state index in [2.05, 4.69) is 19.2 Å². The number of rotatable bonds is 8. The summed E-state index contributed by atoms with van der Waals surface area (Å²) >= 11 is 0. The van der Waals surface area contributed by atoms with E-state index in [1.54, 1.807) is 0 Å². The molecule has 0 spiro atoms. The highest BCUT2D eigenvalue weighted by molar-refractivity contribution is 7.90. The third kappa shape index (κ3) is 5.24. The standard InChI is InChI=1S/C13H27NO3S/c1-4-13-11(8-9-17-13)12(14-5-2)7-6-10-18(3,15)16/h11-14H,4-10H2,1-3H3. The van der Waals surface area contributed by atoms with Crippen LogP contribution in [0.1, 0.15) is 39.5 Å². The Kier molecular flexibility index (Phi) is 6.60. The first-order chi connectivity index (χ1) is 8.48. The fraction of sp³-hybridized carbons (Fsp3) is 1.00. The molecule has 0 radical (unpaired) electrons. The molecule has 0 bridgehead atoms. The van der Waals surface area contributed by atoms with Crippen molar-refractivity contribution >= 4 is 9.84 Å². The second kappa shape index (κ2) is 7.46. The van der Waals surface area contributed by atoms with Crippen molar-refractivity contribution in [1.82, 2.24) is 5.32 Å². The van der Waals surface area contributed by atoms with E-state index in [1.807, 2.05) is 0 Å². The molecule has 1 rings (SSSR count). The van der Waals surface area contributed by atoms with Gasteiger partial charge in [-0.2, -0.15) is 0 Å². The van der Waals surface area contributed by atoms with Gasteiger partial charge in [0.2, 0.25) is 0 Å². The summed E-state index contributed by atoms with van der Waals surface area (Å²) in [5.74, 6) is 0.828. The summed E-state index contributed by atoms with van der Waals surface area (Å²) in [6.45, 7) is 6.02. The van der Waals surface area contributed by atoms with Crippen LogP contribution in [-0.4, -0.2) is 45.7 Å². The Morgan fingerprint density at radius 1 is 1.39 bits per heavy atom. The lowest BCUT2D eigenvalue weighted by atomic mass is 9.88. The predicted molar refractivity (Wildman–Crippen MR) is 74.5 cm³/mol. The maximum absolute atomic E-state index is 11.2. The van der Waals surface area contributed by atoms with Crippen LogP contribution in [0.4, 0.5) is 0 Å². The van der Waals surface area contributed by atoms with Crippen LogP contribution in [0.5, 0.6) is 0 Å². The topological polar surface area (TPSA) is 55.4 Å². The summed E-state index contributed by atoms with van der Waals surface area (Å²) in [4.78, 5) is 0. The van der Waals surface area contributed by atoms with Crippen LogP contribution in [0.15, 0.2) is 0 Å². The van der Waals surface area contributed by atoms with Crippen molar-refractivity contribution in [3.8, 4) is 0 Å². The zero-order chi connectivity index (χ0) is 13.6. The molecule has 1 aliphatic heterocycles. The van der Waals surface area contributed by atoms with Crippen molar-refractivity contribution in [1.29, 1.82) is 0 Å². The van der Waals surface area contributed by atoms with E-state index in [0.717, 1.165) is 38.8 Å². The average Bonchev–Trinajstić information content (AvgIpc) is 2.74. The van der Waals surface area contributed by atoms with Gasteiger partial charge in [0.05, 0.1) is 6.10 Å². The zero-order valence-electron chi connectivity index (χ0n) is 11.8. The van der Waals surface area contributed by atoms with Gasteiger partial charge in [0.15, 0.2) is 0 Å². The van der Waals surface area contributed by atoms with Crippen LogP contribution in [0, 0.1) is 5.92 Å². The van der Waals surface area contributed by atoms with Crippen LogP contribution in [0.3, 0.4) is 0 Å². The molecule has 0 aromatic heterocycles. The summed E-state index contributed by atoms with van der Waals surface area (Å²) in [5.41, 5.74) is 0. The fourth-order valence-corrected chi connectivity index (χ4v) is 3.53. The minimum Gasteiger partial charge on any atom is -0.378 e. The fourth-order valence-electron chi connectivity index (χ4n) is 2.84. The van der Waals surface area contributed by atoms with E-state index in [9.17, 15) is 8.42 Å². The molecular weight excluding hydrogens is 250 g/mol. The van der Waals surface area contributed by atoms with Gasteiger partial charge in [-0.25, -0.2) is 8.42 Å². The van der Waals surface area contributed by atoms with Gasteiger partial charge in [-0.15, -0.1) is 0 Å². The largest absolute Gasteiger partial charge is 0.378 e. The Morgan fingerprint density at radius 3 is 2.67 bits per heavy atom. The molecule has 1 heterocycles. The third-order valence-corrected chi connectivity index (χ3v) is 4.71. The second-order valence-corrected chi connectivity index (χ2v) is 7.47. The molecule has 0 aromatic rings. The highest BCUT2D eigenvalue weighted by Crippen LogP contribution is 2.28. The van der Waals surface area contributed by atoms with Crippen molar-refractivity contribution in [2.75, 3.05) is 25.2 Å². The lowest BCUT2D eigenvalue weighted by Crippen LogP contribution is -2.40. The summed E-state index contributed by atoms with van der Waals surface area (Å²) in [6.07, 6.45) is 5.44. The Morgan fingerprint density at radius 2 is 2.11 bits per heavy atom. The normalized spacial score (nSPS) is 26.4. The van der Waals surface area contributed by atoms with Crippen LogP contribution < -0.4 is 5.32 Å². The van der Waals surface area contributed by atoms with E-state index < -0.39 is 9.84 Å². The van der Waals surface area contributed by atoms with Crippen molar-refractivity contribution < 1.29 is 13.2 Å². The monoisotopic (exact) mass is 277 g/mol. The van der Waals surface area contributed by atoms with E-state index in [-0.39, 0.29) is 0 Å². The molecular formula is C13H27NO3S. The molecule has 1 N–H and O–H groups in total. The molecule has 108 valence electrons. The maximum Gasteiger partial charge on any atom is 0.147 e. The van der Waals surface area contributed by atoms with Crippen LogP contribution in [0.25, 0.3) is 0 Å². The van der Waals surface area contributed by atoms with Crippen LogP contribution in [0.2, 0.25) is 0 Å².